The molecule has 0 aromatic heterocycles. The fourth-order valence-corrected chi connectivity index (χ4v) is 3.60. The fourth-order valence-electron chi connectivity index (χ4n) is 3.08. The summed E-state index contributed by atoms with van der Waals surface area (Å²) in [6.45, 7) is 1.90. The second kappa shape index (κ2) is 8.66. The third-order valence-corrected chi connectivity index (χ3v) is 5.51. The van der Waals surface area contributed by atoms with Crippen molar-refractivity contribution in [2.75, 3.05) is 0 Å². The van der Waals surface area contributed by atoms with Crippen molar-refractivity contribution in [2.45, 2.75) is 11.8 Å². The lowest BCUT2D eigenvalue weighted by atomic mass is 10.1. The minimum absolute atomic E-state index is 0.0428. The molecule has 0 amide bonds. The molecule has 0 aliphatic rings. The number of azo groups is 2. The average molecular weight is 446 g/mol. The first-order valence-electron chi connectivity index (χ1n) is 9.54. The molecule has 32 heavy (non-hydrogen) atoms. The van der Waals surface area contributed by atoms with Gasteiger partial charge in [0.2, 0.25) is 0 Å². The Labute approximate surface area is 184 Å². The maximum absolute atomic E-state index is 11.3. The molecule has 9 heteroatoms. The molecule has 4 aromatic carbocycles. The zero-order valence-corrected chi connectivity index (χ0v) is 17.7. The predicted octanol–water partition coefficient (Wildman–Crippen LogP) is 6.93. The second-order valence-electron chi connectivity index (χ2n) is 7.01. The number of hydrogen-bond donors (Lipinski definition) is 2. The van der Waals surface area contributed by atoms with E-state index in [0.717, 1.165) is 16.3 Å². The molecule has 0 unspecified atom stereocenters. The van der Waals surface area contributed by atoms with Crippen LogP contribution in [0.4, 0.5) is 22.7 Å². The maximum atomic E-state index is 11.3. The van der Waals surface area contributed by atoms with E-state index in [9.17, 15) is 18.1 Å². The van der Waals surface area contributed by atoms with E-state index in [1.807, 2.05) is 31.2 Å². The minimum Gasteiger partial charge on any atom is -0.506 e. The number of phenolic OH excluding ortho intramolecular Hbond substituents is 1. The van der Waals surface area contributed by atoms with Crippen LogP contribution in [-0.2, 0) is 10.1 Å². The highest BCUT2D eigenvalue weighted by molar-refractivity contribution is 7.85. The Hall–Kier alpha value is -3.95. The molecule has 0 spiro atoms. The van der Waals surface area contributed by atoms with Crippen molar-refractivity contribution in [3.8, 4) is 5.75 Å². The van der Waals surface area contributed by atoms with Crippen molar-refractivity contribution in [1.82, 2.24) is 0 Å². The zero-order chi connectivity index (χ0) is 22.7. The Morgan fingerprint density at radius 1 is 0.688 bits per heavy atom. The molecule has 0 fully saturated rings. The summed E-state index contributed by atoms with van der Waals surface area (Å²) in [5.41, 5.74) is 2.75. The van der Waals surface area contributed by atoms with Crippen molar-refractivity contribution in [2.24, 2.45) is 20.5 Å². The van der Waals surface area contributed by atoms with E-state index in [1.165, 1.54) is 18.2 Å². The van der Waals surface area contributed by atoms with Crippen LogP contribution < -0.4 is 0 Å². The van der Waals surface area contributed by atoms with Gasteiger partial charge in [0.25, 0.3) is 10.1 Å². The Morgan fingerprint density at radius 3 is 1.97 bits per heavy atom. The lowest BCUT2D eigenvalue weighted by Crippen LogP contribution is -1.96. The van der Waals surface area contributed by atoms with Crippen LogP contribution in [0.3, 0.4) is 0 Å². The molecule has 0 radical (unpaired) electrons. The van der Waals surface area contributed by atoms with Crippen molar-refractivity contribution in [3.05, 3.63) is 84.4 Å². The van der Waals surface area contributed by atoms with Gasteiger partial charge < -0.3 is 5.11 Å². The summed E-state index contributed by atoms with van der Waals surface area (Å²) >= 11 is 0. The highest BCUT2D eigenvalue weighted by Crippen LogP contribution is 2.36. The average Bonchev–Trinajstić information content (AvgIpc) is 2.78. The SMILES string of the molecule is Cc1ccc(O)c(N=Nc2ccc(N=Nc3cccc(S(=O)(=O)O)c3)c3ccccc23)c1. The Bertz CT molecular complexity index is 1480. The smallest absolute Gasteiger partial charge is 0.294 e. The second-order valence-corrected chi connectivity index (χ2v) is 8.44. The van der Waals surface area contributed by atoms with Gasteiger partial charge in [0.05, 0.1) is 22.0 Å². The summed E-state index contributed by atoms with van der Waals surface area (Å²) in [6.07, 6.45) is 0. The molecule has 4 rings (SSSR count). The Kier molecular flexibility index (Phi) is 5.76. The Morgan fingerprint density at radius 2 is 1.31 bits per heavy atom. The summed E-state index contributed by atoms with van der Waals surface area (Å²) in [7, 11) is -4.33. The van der Waals surface area contributed by atoms with Crippen molar-refractivity contribution >= 4 is 43.6 Å². The molecule has 0 aliphatic heterocycles. The van der Waals surface area contributed by atoms with Crippen LogP contribution in [0.2, 0.25) is 0 Å². The van der Waals surface area contributed by atoms with E-state index in [2.05, 4.69) is 20.5 Å². The van der Waals surface area contributed by atoms with Crippen LogP contribution in [0.25, 0.3) is 10.8 Å². The normalized spacial score (nSPS) is 12.2. The van der Waals surface area contributed by atoms with Gasteiger partial charge in [-0.1, -0.05) is 36.4 Å². The van der Waals surface area contributed by atoms with Gasteiger partial charge in [0.15, 0.2) is 0 Å². The first-order chi connectivity index (χ1) is 15.3. The molecular weight excluding hydrogens is 428 g/mol. The van der Waals surface area contributed by atoms with E-state index in [-0.39, 0.29) is 16.3 Å². The summed E-state index contributed by atoms with van der Waals surface area (Å²) < 4.78 is 31.8. The minimum atomic E-state index is -4.33. The highest BCUT2D eigenvalue weighted by Gasteiger charge is 2.10. The fraction of sp³-hybridized carbons (Fsp3) is 0.0435. The van der Waals surface area contributed by atoms with E-state index in [0.29, 0.717) is 17.1 Å². The van der Waals surface area contributed by atoms with Crippen LogP contribution in [0.1, 0.15) is 5.56 Å². The molecule has 0 bridgehead atoms. The first kappa shape index (κ1) is 21.3. The standard InChI is InChI=1S/C23H18N4O4S/c1-15-9-12-23(28)22(13-15)27-26-21-11-10-20(18-7-2-3-8-19(18)21)25-24-16-5-4-6-17(14-16)32(29,30)31/h2-14,28H,1H3,(H,29,30,31). The van der Waals surface area contributed by atoms with Crippen LogP contribution in [0.5, 0.6) is 5.75 Å². The number of aromatic hydroxyl groups is 1. The molecule has 2 N–H and O–H groups in total. The van der Waals surface area contributed by atoms with Gasteiger partial charge in [-0.25, -0.2) is 0 Å². The molecule has 0 saturated carbocycles. The van der Waals surface area contributed by atoms with Crippen molar-refractivity contribution < 1.29 is 18.1 Å². The molecule has 160 valence electrons. The lowest BCUT2D eigenvalue weighted by Gasteiger charge is -2.05. The number of benzene rings is 4. The summed E-state index contributed by atoms with van der Waals surface area (Å²) in [6, 6.07) is 21.6. The third kappa shape index (κ3) is 4.69. The quantitative estimate of drug-likeness (QED) is 0.255. The summed E-state index contributed by atoms with van der Waals surface area (Å²) in [4.78, 5) is -0.256. The number of fused-ring (bicyclic) bond motifs is 1. The first-order valence-corrected chi connectivity index (χ1v) is 11.0. The molecule has 0 aliphatic carbocycles. The van der Waals surface area contributed by atoms with Gasteiger partial charge in [-0.2, -0.15) is 13.5 Å². The summed E-state index contributed by atoms with van der Waals surface area (Å²) in [5, 5.41) is 28.4. The van der Waals surface area contributed by atoms with Crippen molar-refractivity contribution in [1.29, 1.82) is 0 Å². The van der Waals surface area contributed by atoms with Gasteiger partial charge in [-0.05, 0) is 55.0 Å². The van der Waals surface area contributed by atoms with E-state index in [1.54, 1.807) is 36.4 Å². The van der Waals surface area contributed by atoms with E-state index < -0.39 is 10.1 Å². The van der Waals surface area contributed by atoms with Gasteiger partial charge >= 0.3 is 0 Å². The molecule has 0 heterocycles. The van der Waals surface area contributed by atoms with Crippen LogP contribution in [0, 0.1) is 6.92 Å². The zero-order valence-electron chi connectivity index (χ0n) is 16.9. The van der Waals surface area contributed by atoms with Crippen LogP contribution in [-0.4, -0.2) is 18.1 Å². The van der Waals surface area contributed by atoms with Crippen LogP contribution in [0.15, 0.2) is 104 Å². The third-order valence-electron chi connectivity index (χ3n) is 4.66. The molecule has 0 saturated heterocycles. The summed E-state index contributed by atoms with van der Waals surface area (Å²) in [5.74, 6) is 0.0428. The molecular formula is C23H18N4O4S. The predicted molar refractivity (Wildman–Crippen MR) is 121 cm³/mol. The number of nitrogens with zero attached hydrogens (tertiary/aromatic N) is 4. The number of phenols is 1. The Balaban J connectivity index is 1.71. The lowest BCUT2D eigenvalue weighted by molar-refractivity contribution is 0.476. The highest BCUT2D eigenvalue weighted by atomic mass is 32.2. The van der Waals surface area contributed by atoms with Gasteiger partial charge in [0.1, 0.15) is 11.4 Å². The van der Waals surface area contributed by atoms with E-state index in [4.69, 9.17) is 0 Å². The monoisotopic (exact) mass is 446 g/mol. The van der Waals surface area contributed by atoms with Gasteiger partial charge in [-0.15, -0.1) is 15.3 Å². The largest absolute Gasteiger partial charge is 0.506 e. The van der Waals surface area contributed by atoms with Crippen molar-refractivity contribution in [3.63, 3.8) is 0 Å². The topological polar surface area (TPSA) is 124 Å². The number of rotatable bonds is 5. The van der Waals surface area contributed by atoms with Gasteiger partial charge in [-0.3, -0.25) is 4.55 Å². The molecule has 0 atom stereocenters. The maximum Gasteiger partial charge on any atom is 0.294 e. The van der Waals surface area contributed by atoms with Gasteiger partial charge in [0, 0.05) is 10.8 Å². The molecule has 4 aromatic rings. The number of hydrogen-bond acceptors (Lipinski definition) is 7. The number of aryl methyl sites for hydroxylation is 1. The van der Waals surface area contributed by atoms with Crippen LogP contribution >= 0.6 is 0 Å². The molecule has 8 nitrogen and oxygen atoms in total. The van der Waals surface area contributed by atoms with E-state index >= 15 is 0 Å².